The van der Waals surface area contributed by atoms with Gasteiger partial charge in [-0.15, -0.1) is 12.4 Å². The Morgan fingerprint density at radius 3 is 2.57 bits per heavy atom. The third kappa shape index (κ3) is 6.66. The van der Waals surface area contributed by atoms with Crippen molar-refractivity contribution in [3.8, 4) is 11.5 Å². The number of aliphatic hydroxyl groups is 1. The first-order chi connectivity index (χ1) is 9.38. The smallest absolute Gasteiger partial charge is 0.255 e. The van der Waals surface area contributed by atoms with Crippen LogP contribution in [0.2, 0.25) is 0 Å². The van der Waals surface area contributed by atoms with Crippen LogP contribution in [0.4, 0.5) is 0 Å². The number of benzene rings is 1. The minimum atomic E-state index is -0.539. The Bertz CT molecular complexity index is 466. The van der Waals surface area contributed by atoms with E-state index < -0.39 is 5.91 Å². The largest absolute Gasteiger partial charge is 0.493 e. The van der Waals surface area contributed by atoms with Crippen LogP contribution in [0.5, 0.6) is 11.5 Å². The zero-order valence-corrected chi connectivity index (χ0v) is 13.3. The van der Waals surface area contributed by atoms with Crippen molar-refractivity contribution in [1.82, 2.24) is 5.32 Å². The predicted molar refractivity (Wildman–Crippen MR) is 82.9 cm³/mol. The van der Waals surface area contributed by atoms with Gasteiger partial charge >= 0.3 is 0 Å². The summed E-state index contributed by atoms with van der Waals surface area (Å²) in [7, 11) is 1.53. The summed E-state index contributed by atoms with van der Waals surface area (Å²) in [5.41, 5.74) is 5.66. The van der Waals surface area contributed by atoms with Crippen molar-refractivity contribution >= 4 is 18.3 Å². The summed E-state index contributed by atoms with van der Waals surface area (Å²) in [5, 5.41) is 12.4. The Kier molecular flexibility index (Phi) is 8.09. The first-order valence-electron chi connectivity index (χ1n) is 6.32. The van der Waals surface area contributed by atoms with Gasteiger partial charge in [-0.05, 0) is 31.5 Å². The molecule has 0 radical (unpaired) electrons. The first kappa shape index (κ1) is 19.5. The molecule has 0 aliphatic carbocycles. The molecule has 0 aliphatic rings. The summed E-state index contributed by atoms with van der Waals surface area (Å²) in [6.07, 6.45) is 0. The maximum atomic E-state index is 10.7. The third-order valence-corrected chi connectivity index (χ3v) is 2.76. The second-order valence-electron chi connectivity index (χ2n) is 5.14. The zero-order chi connectivity index (χ0) is 15.2. The number of primary amides is 1. The van der Waals surface area contributed by atoms with E-state index in [2.05, 4.69) is 5.32 Å². The second kappa shape index (κ2) is 8.71. The topological polar surface area (TPSA) is 93.8 Å². The fourth-order valence-electron chi connectivity index (χ4n) is 1.49. The number of carbonyl (C=O) groups excluding carboxylic acids is 1. The van der Waals surface area contributed by atoms with Crippen LogP contribution in [0, 0.1) is 0 Å². The second-order valence-corrected chi connectivity index (χ2v) is 5.14. The molecule has 6 nitrogen and oxygen atoms in total. The lowest BCUT2D eigenvalue weighted by molar-refractivity contribution is -0.119. The summed E-state index contributed by atoms with van der Waals surface area (Å²) in [5.74, 6) is 0.464. The average Bonchev–Trinajstić information content (AvgIpc) is 2.43. The molecule has 0 bridgehead atoms. The summed E-state index contributed by atoms with van der Waals surface area (Å²) in [6.45, 7) is 4.26. The van der Waals surface area contributed by atoms with Crippen LogP contribution < -0.4 is 20.5 Å². The lowest BCUT2D eigenvalue weighted by Crippen LogP contribution is -2.42. The summed E-state index contributed by atoms with van der Waals surface area (Å²) in [4.78, 5) is 10.7. The fraction of sp³-hybridized carbons (Fsp3) is 0.500. The van der Waals surface area contributed by atoms with Crippen LogP contribution in [0.15, 0.2) is 18.2 Å². The molecule has 0 aliphatic heterocycles. The maximum absolute atomic E-state index is 10.7. The van der Waals surface area contributed by atoms with Crippen LogP contribution in [0.25, 0.3) is 0 Å². The number of nitrogens with one attached hydrogen (secondary N) is 1. The lowest BCUT2D eigenvalue weighted by Gasteiger charge is -2.23. The van der Waals surface area contributed by atoms with E-state index in [9.17, 15) is 9.90 Å². The number of hydrogen-bond donors (Lipinski definition) is 3. The van der Waals surface area contributed by atoms with Crippen LogP contribution >= 0.6 is 12.4 Å². The number of aliphatic hydroxyl groups excluding tert-OH is 1. The number of ether oxygens (including phenoxy) is 2. The van der Waals surface area contributed by atoms with Crippen LogP contribution in [-0.2, 0) is 11.3 Å². The molecule has 120 valence electrons. The molecule has 21 heavy (non-hydrogen) atoms. The van der Waals surface area contributed by atoms with Crippen LogP contribution in [0.1, 0.15) is 19.4 Å². The minimum Gasteiger partial charge on any atom is -0.493 e. The molecule has 1 rings (SSSR count). The maximum Gasteiger partial charge on any atom is 0.255 e. The fourth-order valence-corrected chi connectivity index (χ4v) is 1.49. The van der Waals surface area contributed by atoms with Crippen molar-refractivity contribution in [2.75, 3.05) is 20.3 Å². The molecule has 7 heteroatoms. The van der Waals surface area contributed by atoms with E-state index in [1.165, 1.54) is 7.11 Å². The molecule has 0 spiro atoms. The van der Waals surface area contributed by atoms with Crippen molar-refractivity contribution in [1.29, 1.82) is 0 Å². The highest BCUT2D eigenvalue weighted by atomic mass is 35.5. The van der Waals surface area contributed by atoms with Gasteiger partial charge in [0, 0.05) is 12.1 Å². The van der Waals surface area contributed by atoms with E-state index in [0.717, 1.165) is 5.56 Å². The van der Waals surface area contributed by atoms with Gasteiger partial charge in [-0.2, -0.15) is 0 Å². The monoisotopic (exact) mass is 318 g/mol. The van der Waals surface area contributed by atoms with Gasteiger partial charge in [0.1, 0.15) is 0 Å². The number of hydrogen-bond acceptors (Lipinski definition) is 5. The van der Waals surface area contributed by atoms with Crippen molar-refractivity contribution in [2.24, 2.45) is 5.73 Å². The Balaban J connectivity index is 0.00000400. The van der Waals surface area contributed by atoms with Crippen molar-refractivity contribution in [2.45, 2.75) is 25.9 Å². The Morgan fingerprint density at radius 1 is 1.38 bits per heavy atom. The van der Waals surface area contributed by atoms with E-state index >= 15 is 0 Å². The van der Waals surface area contributed by atoms with Crippen molar-refractivity contribution in [3.63, 3.8) is 0 Å². The lowest BCUT2D eigenvalue weighted by atomic mass is 10.1. The highest BCUT2D eigenvalue weighted by molar-refractivity contribution is 5.85. The quantitative estimate of drug-likeness (QED) is 0.660. The van der Waals surface area contributed by atoms with Crippen LogP contribution in [0.3, 0.4) is 0 Å². The highest BCUT2D eigenvalue weighted by Gasteiger charge is 2.15. The van der Waals surface area contributed by atoms with Gasteiger partial charge in [-0.1, -0.05) is 6.07 Å². The molecule has 1 aromatic carbocycles. The van der Waals surface area contributed by atoms with Gasteiger partial charge in [-0.25, -0.2) is 0 Å². The standard InChI is InChI=1S/C14H22N2O4.ClH/c1-14(2,9-17)16-7-10-4-5-11(12(6-10)19-3)20-8-13(15)18;/h4-6,16-17H,7-9H2,1-3H3,(H2,15,18);1H. The molecule has 0 saturated heterocycles. The summed E-state index contributed by atoms with van der Waals surface area (Å²) in [6, 6.07) is 5.40. The average molecular weight is 319 g/mol. The molecule has 0 saturated carbocycles. The number of nitrogens with two attached hydrogens (primary N) is 1. The number of methoxy groups -OCH3 is 1. The molecular formula is C14H23ClN2O4. The first-order valence-corrected chi connectivity index (χ1v) is 6.32. The highest BCUT2D eigenvalue weighted by Crippen LogP contribution is 2.28. The van der Waals surface area contributed by atoms with Crippen molar-refractivity contribution < 1.29 is 19.4 Å². The van der Waals surface area contributed by atoms with E-state index in [0.29, 0.717) is 18.0 Å². The molecule has 1 aromatic rings. The van der Waals surface area contributed by atoms with Gasteiger partial charge in [0.15, 0.2) is 18.1 Å². The molecular weight excluding hydrogens is 296 g/mol. The number of halogens is 1. The molecule has 0 fully saturated rings. The Hall–Kier alpha value is -1.50. The van der Waals surface area contributed by atoms with Crippen molar-refractivity contribution in [3.05, 3.63) is 23.8 Å². The predicted octanol–water partition coefficient (Wildman–Crippen LogP) is 0.842. The van der Waals surface area contributed by atoms with Crippen LogP contribution in [-0.4, -0.2) is 36.9 Å². The SMILES string of the molecule is COc1cc(CNC(C)(C)CO)ccc1OCC(N)=O.Cl. The Labute approximate surface area is 131 Å². The minimum absolute atomic E-state index is 0. The Morgan fingerprint density at radius 2 is 2.05 bits per heavy atom. The van der Waals surface area contributed by atoms with E-state index in [1.54, 1.807) is 6.07 Å². The van der Waals surface area contributed by atoms with Gasteiger partial charge < -0.3 is 25.6 Å². The van der Waals surface area contributed by atoms with Gasteiger partial charge in [-0.3, -0.25) is 4.79 Å². The van der Waals surface area contributed by atoms with E-state index in [4.69, 9.17) is 15.2 Å². The number of amides is 1. The molecule has 0 atom stereocenters. The zero-order valence-electron chi connectivity index (χ0n) is 12.5. The molecule has 0 unspecified atom stereocenters. The van der Waals surface area contributed by atoms with E-state index in [-0.39, 0.29) is 31.2 Å². The molecule has 0 aromatic heterocycles. The van der Waals surface area contributed by atoms with E-state index in [1.807, 2.05) is 26.0 Å². The summed E-state index contributed by atoms with van der Waals surface area (Å²) >= 11 is 0. The molecule has 4 N–H and O–H groups in total. The summed E-state index contributed by atoms with van der Waals surface area (Å²) < 4.78 is 10.5. The van der Waals surface area contributed by atoms with Gasteiger partial charge in [0.25, 0.3) is 5.91 Å². The number of rotatable bonds is 8. The molecule has 0 heterocycles. The van der Waals surface area contributed by atoms with Gasteiger partial charge in [0.05, 0.1) is 13.7 Å². The third-order valence-electron chi connectivity index (χ3n) is 2.76. The van der Waals surface area contributed by atoms with Gasteiger partial charge in [0.2, 0.25) is 0 Å². The normalized spacial score (nSPS) is 10.7. The number of carbonyl (C=O) groups is 1. The molecule has 1 amide bonds.